The number of ether oxygens (including phenoxy) is 1. The minimum absolute atomic E-state index is 0.154. The predicted molar refractivity (Wildman–Crippen MR) is 122 cm³/mol. The number of carbonyl (C=O) groups excluding carboxylic acids is 1. The average molecular weight is 485 g/mol. The van der Waals surface area contributed by atoms with Gasteiger partial charge in [-0.05, 0) is 30.5 Å². The molecular weight excluding hydrogens is 459 g/mol. The second-order valence-electron chi connectivity index (χ2n) is 7.48. The third-order valence-corrected chi connectivity index (χ3v) is 7.67. The fourth-order valence-corrected chi connectivity index (χ4v) is 5.87. The second-order valence-corrected chi connectivity index (χ2v) is 10.3. The van der Waals surface area contributed by atoms with Crippen LogP contribution in [0.2, 0.25) is 10.0 Å². The average Bonchev–Trinajstić information content (AvgIpc) is 2.77. The summed E-state index contributed by atoms with van der Waals surface area (Å²) in [5.41, 5.74) is 1.45. The van der Waals surface area contributed by atoms with Crippen molar-refractivity contribution in [2.45, 2.75) is 25.2 Å². The molecule has 0 radical (unpaired) electrons. The summed E-state index contributed by atoms with van der Waals surface area (Å²) in [6.07, 6.45) is 1.27. The Morgan fingerprint density at radius 3 is 2.52 bits per heavy atom. The fraction of sp³-hybridized carbons (Fsp3) is 0.409. The maximum Gasteiger partial charge on any atom is 0.224 e. The summed E-state index contributed by atoms with van der Waals surface area (Å²) in [7, 11) is -3.65. The molecule has 1 aliphatic rings. The Bertz CT molecular complexity index is 966. The number of nitrogens with one attached hydrogen (secondary N) is 1. The Balaban J connectivity index is 1.48. The van der Waals surface area contributed by atoms with Crippen LogP contribution in [0.15, 0.2) is 48.5 Å². The number of rotatable bonds is 9. The maximum atomic E-state index is 12.9. The van der Waals surface area contributed by atoms with Gasteiger partial charge in [0.2, 0.25) is 15.9 Å². The number of nitrogens with zero attached hydrogens (tertiary/aromatic N) is 1. The number of carbonyl (C=O) groups is 1. The molecule has 9 heteroatoms. The van der Waals surface area contributed by atoms with E-state index >= 15 is 0 Å². The Kier molecular flexibility index (Phi) is 8.75. The second kappa shape index (κ2) is 11.3. The molecule has 168 valence electrons. The number of halogens is 2. The minimum atomic E-state index is -3.65. The van der Waals surface area contributed by atoms with Crippen molar-refractivity contribution in [3.05, 3.63) is 69.7 Å². The molecular formula is C22H26Cl2N2O4S. The zero-order valence-corrected chi connectivity index (χ0v) is 19.4. The molecule has 1 fully saturated rings. The van der Waals surface area contributed by atoms with Crippen molar-refractivity contribution in [2.75, 3.05) is 26.2 Å². The molecule has 1 aliphatic heterocycles. The zero-order chi connectivity index (χ0) is 22.3. The van der Waals surface area contributed by atoms with E-state index in [4.69, 9.17) is 27.9 Å². The van der Waals surface area contributed by atoms with Crippen molar-refractivity contribution >= 4 is 39.1 Å². The molecule has 1 heterocycles. The van der Waals surface area contributed by atoms with Gasteiger partial charge in [0, 0.05) is 35.2 Å². The molecule has 0 bridgehead atoms. The van der Waals surface area contributed by atoms with Crippen molar-refractivity contribution in [2.24, 2.45) is 5.92 Å². The number of piperidine rings is 1. The molecule has 2 aromatic rings. The van der Waals surface area contributed by atoms with E-state index in [9.17, 15) is 13.2 Å². The van der Waals surface area contributed by atoms with Gasteiger partial charge in [0.15, 0.2) is 0 Å². The first-order valence-corrected chi connectivity index (χ1v) is 12.5. The van der Waals surface area contributed by atoms with Crippen molar-refractivity contribution in [1.29, 1.82) is 0 Å². The lowest BCUT2D eigenvalue weighted by Gasteiger charge is -2.31. The van der Waals surface area contributed by atoms with Crippen LogP contribution in [0.1, 0.15) is 24.0 Å². The van der Waals surface area contributed by atoms with Crippen LogP contribution in [-0.2, 0) is 31.9 Å². The molecule has 6 nitrogen and oxygen atoms in total. The zero-order valence-electron chi connectivity index (χ0n) is 17.1. The molecule has 0 saturated carbocycles. The molecule has 0 aliphatic carbocycles. The quantitative estimate of drug-likeness (QED) is 0.548. The summed E-state index contributed by atoms with van der Waals surface area (Å²) in [6, 6.07) is 14.7. The van der Waals surface area contributed by atoms with Crippen LogP contribution in [0.25, 0.3) is 0 Å². The van der Waals surface area contributed by atoms with Gasteiger partial charge in [-0.15, -0.1) is 0 Å². The van der Waals surface area contributed by atoms with E-state index < -0.39 is 10.0 Å². The first kappa shape index (κ1) is 24.0. The highest BCUT2D eigenvalue weighted by atomic mass is 35.5. The van der Waals surface area contributed by atoms with Crippen molar-refractivity contribution < 1.29 is 17.9 Å². The molecule has 31 heavy (non-hydrogen) atoms. The van der Waals surface area contributed by atoms with E-state index in [1.54, 1.807) is 18.2 Å². The molecule has 1 N–H and O–H groups in total. The summed E-state index contributed by atoms with van der Waals surface area (Å²) >= 11 is 12.3. The Morgan fingerprint density at radius 2 is 1.81 bits per heavy atom. The van der Waals surface area contributed by atoms with Crippen molar-refractivity contribution in [3.63, 3.8) is 0 Å². The van der Waals surface area contributed by atoms with Crippen LogP contribution in [0.5, 0.6) is 0 Å². The van der Waals surface area contributed by atoms with Crippen LogP contribution in [0.4, 0.5) is 0 Å². The van der Waals surface area contributed by atoms with E-state index in [0.717, 1.165) is 5.56 Å². The highest BCUT2D eigenvalue weighted by Gasteiger charge is 2.33. The summed E-state index contributed by atoms with van der Waals surface area (Å²) in [6.45, 7) is 1.79. The maximum absolute atomic E-state index is 12.9. The summed E-state index contributed by atoms with van der Waals surface area (Å²) in [5, 5.41) is 3.49. The number of hydrogen-bond donors (Lipinski definition) is 1. The molecule has 0 spiro atoms. The number of sulfonamides is 1. The molecule has 1 amide bonds. The van der Waals surface area contributed by atoms with Gasteiger partial charge in [-0.25, -0.2) is 12.7 Å². The molecule has 2 aromatic carbocycles. The van der Waals surface area contributed by atoms with Crippen LogP contribution in [0.3, 0.4) is 0 Å². The Morgan fingerprint density at radius 1 is 1.10 bits per heavy atom. The normalized spacial score (nSPS) is 17.4. The van der Waals surface area contributed by atoms with E-state index in [2.05, 4.69) is 5.32 Å². The van der Waals surface area contributed by atoms with E-state index in [0.29, 0.717) is 54.8 Å². The topological polar surface area (TPSA) is 75.7 Å². The van der Waals surface area contributed by atoms with Gasteiger partial charge in [-0.2, -0.15) is 0 Å². The Hall–Kier alpha value is -1.64. The highest BCUT2D eigenvalue weighted by molar-refractivity contribution is 7.88. The predicted octanol–water partition coefficient (Wildman–Crippen LogP) is 3.87. The third-order valence-electron chi connectivity index (χ3n) is 5.19. The van der Waals surface area contributed by atoms with Crippen LogP contribution in [-0.4, -0.2) is 44.9 Å². The molecule has 3 rings (SSSR count). The van der Waals surface area contributed by atoms with Gasteiger partial charge in [-0.3, -0.25) is 4.79 Å². The lowest BCUT2D eigenvalue weighted by molar-refractivity contribution is -0.126. The Labute approximate surface area is 193 Å². The van der Waals surface area contributed by atoms with Gasteiger partial charge >= 0.3 is 0 Å². The highest BCUT2D eigenvalue weighted by Crippen LogP contribution is 2.29. The third kappa shape index (κ3) is 6.92. The van der Waals surface area contributed by atoms with Gasteiger partial charge in [0.1, 0.15) is 0 Å². The molecule has 1 saturated heterocycles. The SMILES string of the molecule is O=C(NCCOCc1ccccc1)[C@H]1CCCN(S(=O)(=O)Cc2c(Cl)cccc2Cl)C1. The number of benzene rings is 2. The fourth-order valence-electron chi connectivity index (χ4n) is 3.51. The van der Waals surface area contributed by atoms with E-state index in [-0.39, 0.29) is 24.1 Å². The summed E-state index contributed by atoms with van der Waals surface area (Å²) < 4.78 is 32.8. The first-order valence-electron chi connectivity index (χ1n) is 10.2. The first-order chi connectivity index (χ1) is 14.9. The van der Waals surface area contributed by atoms with Crippen molar-refractivity contribution in [1.82, 2.24) is 9.62 Å². The monoisotopic (exact) mass is 484 g/mol. The van der Waals surface area contributed by atoms with Crippen LogP contribution in [0, 0.1) is 5.92 Å². The summed E-state index contributed by atoms with van der Waals surface area (Å²) in [4.78, 5) is 12.5. The summed E-state index contributed by atoms with van der Waals surface area (Å²) in [5.74, 6) is -0.828. The van der Waals surface area contributed by atoms with Crippen LogP contribution >= 0.6 is 23.2 Å². The standard InChI is InChI=1S/C22H26Cl2N2O4S/c23-20-9-4-10-21(24)19(20)16-31(28,29)26-12-5-8-18(14-26)22(27)25-11-13-30-15-17-6-2-1-3-7-17/h1-4,6-7,9-10,18H,5,8,11-16H2,(H,25,27)/t18-/m0/s1. The van der Waals surface area contributed by atoms with Gasteiger partial charge < -0.3 is 10.1 Å². The minimum Gasteiger partial charge on any atom is -0.375 e. The van der Waals surface area contributed by atoms with Crippen LogP contribution < -0.4 is 5.32 Å². The van der Waals surface area contributed by atoms with Gasteiger partial charge in [0.25, 0.3) is 0 Å². The molecule has 0 aromatic heterocycles. The van der Waals surface area contributed by atoms with Gasteiger partial charge in [0.05, 0.1) is 24.9 Å². The number of amides is 1. The lowest BCUT2D eigenvalue weighted by atomic mass is 9.99. The lowest BCUT2D eigenvalue weighted by Crippen LogP contribution is -2.46. The number of hydrogen-bond acceptors (Lipinski definition) is 4. The van der Waals surface area contributed by atoms with Gasteiger partial charge in [-0.1, -0.05) is 59.6 Å². The smallest absolute Gasteiger partial charge is 0.224 e. The largest absolute Gasteiger partial charge is 0.375 e. The molecule has 1 atom stereocenters. The molecule has 0 unspecified atom stereocenters. The van der Waals surface area contributed by atoms with E-state index in [1.165, 1.54) is 4.31 Å². The van der Waals surface area contributed by atoms with Crippen molar-refractivity contribution in [3.8, 4) is 0 Å². The van der Waals surface area contributed by atoms with E-state index in [1.807, 2.05) is 30.3 Å².